The van der Waals surface area contributed by atoms with Gasteiger partial charge in [-0.3, -0.25) is 0 Å². The number of aromatic nitrogens is 3. The molecule has 40 heavy (non-hydrogen) atoms. The standard InChI is InChI=1S/C31H34N7O2/c1-22(21-37(5)6)34-29-32-19-24(20-33-29)16-15-23-11-10-12-25(17-23)35-30(39)38(26-13-8-7-9-14-26)28-18-27(40-36-28)31(2,3)4/h8-14,17-20,22H,21H2,1-6H3,(H,35,39)(H,32,33,34). The van der Waals surface area contributed by atoms with E-state index in [1.165, 1.54) is 4.90 Å². The fraction of sp³-hybridized carbons (Fsp3) is 0.290. The molecular weight excluding hydrogens is 502 g/mol. The van der Waals surface area contributed by atoms with Gasteiger partial charge in [0, 0.05) is 47.7 Å². The molecule has 1 atom stereocenters. The Morgan fingerprint density at radius 1 is 1.05 bits per heavy atom. The largest absolute Gasteiger partial charge is 0.359 e. The van der Waals surface area contributed by atoms with E-state index in [-0.39, 0.29) is 17.5 Å². The fourth-order valence-electron chi connectivity index (χ4n) is 3.88. The summed E-state index contributed by atoms with van der Waals surface area (Å²) in [6, 6.07) is 19.0. The average molecular weight is 537 g/mol. The van der Waals surface area contributed by atoms with Crippen LogP contribution in [0.25, 0.3) is 0 Å². The summed E-state index contributed by atoms with van der Waals surface area (Å²) in [6.45, 7) is 9.02. The van der Waals surface area contributed by atoms with E-state index in [1.54, 1.807) is 42.7 Å². The molecule has 2 amide bonds. The Labute approximate surface area is 235 Å². The van der Waals surface area contributed by atoms with Gasteiger partial charge in [-0.2, -0.15) is 0 Å². The first-order valence-corrected chi connectivity index (χ1v) is 13.0. The molecule has 0 fully saturated rings. The zero-order valence-electron chi connectivity index (χ0n) is 23.7. The molecule has 1 radical (unpaired) electrons. The van der Waals surface area contributed by atoms with Crippen molar-refractivity contribution in [2.45, 2.75) is 39.2 Å². The van der Waals surface area contributed by atoms with Crippen LogP contribution in [0.5, 0.6) is 0 Å². The Bertz CT molecular complexity index is 1480. The van der Waals surface area contributed by atoms with Crippen LogP contribution >= 0.6 is 0 Å². The quantitative estimate of drug-likeness (QED) is 0.293. The van der Waals surface area contributed by atoms with E-state index in [0.29, 0.717) is 34.5 Å². The number of hydrogen-bond donors (Lipinski definition) is 2. The molecule has 0 aliphatic carbocycles. The number of anilines is 4. The molecule has 2 N–H and O–H groups in total. The molecule has 0 aliphatic heterocycles. The second-order valence-corrected chi connectivity index (χ2v) is 10.8. The lowest BCUT2D eigenvalue weighted by Gasteiger charge is -2.20. The van der Waals surface area contributed by atoms with Crippen LogP contribution in [0.1, 0.15) is 44.6 Å². The van der Waals surface area contributed by atoms with Crippen LogP contribution in [0, 0.1) is 17.9 Å². The second-order valence-electron chi connectivity index (χ2n) is 10.8. The molecule has 0 saturated carbocycles. The van der Waals surface area contributed by atoms with Gasteiger partial charge in [0.25, 0.3) is 0 Å². The molecule has 0 saturated heterocycles. The number of nitrogens with zero attached hydrogens (tertiary/aromatic N) is 5. The first-order valence-electron chi connectivity index (χ1n) is 13.0. The van der Waals surface area contributed by atoms with Gasteiger partial charge >= 0.3 is 6.03 Å². The summed E-state index contributed by atoms with van der Waals surface area (Å²) in [4.78, 5) is 25.8. The molecule has 2 aromatic carbocycles. The number of amides is 2. The summed E-state index contributed by atoms with van der Waals surface area (Å²) in [5.41, 5.74) is 2.39. The highest BCUT2D eigenvalue weighted by Gasteiger charge is 2.26. The van der Waals surface area contributed by atoms with Gasteiger partial charge < -0.3 is 20.1 Å². The molecule has 2 heterocycles. The maximum atomic E-state index is 13.5. The molecule has 0 aliphatic rings. The van der Waals surface area contributed by atoms with Crippen LogP contribution in [0.3, 0.4) is 0 Å². The van der Waals surface area contributed by atoms with Crippen LogP contribution < -0.4 is 15.5 Å². The summed E-state index contributed by atoms with van der Waals surface area (Å²) < 4.78 is 5.55. The number of rotatable bonds is 7. The molecule has 205 valence electrons. The van der Waals surface area contributed by atoms with Crippen LogP contribution in [0.2, 0.25) is 0 Å². The van der Waals surface area contributed by atoms with E-state index >= 15 is 0 Å². The van der Waals surface area contributed by atoms with Crippen molar-refractivity contribution < 1.29 is 9.32 Å². The Kier molecular flexibility index (Phi) is 8.82. The van der Waals surface area contributed by atoms with Crippen molar-refractivity contribution in [3.05, 3.63) is 89.9 Å². The van der Waals surface area contributed by atoms with Crippen molar-refractivity contribution in [3.8, 4) is 11.8 Å². The zero-order chi connectivity index (χ0) is 28.7. The Morgan fingerprint density at radius 2 is 1.75 bits per heavy atom. The minimum atomic E-state index is -0.384. The van der Waals surface area contributed by atoms with E-state index in [1.807, 2.05) is 59.1 Å². The maximum Gasteiger partial charge on any atom is 0.332 e. The molecule has 4 rings (SSSR count). The predicted molar refractivity (Wildman–Crippen MR) is 158 cm³/mol. The lowest BCUT2D eigenvalue weighted by Crippen LogP contribution is -2.31. The molecule has 9 nitrogen and oxygen atoms in total. The number of carbonyl (C=O) groups excluding carboxylic acids is 1. The summed E-state index contributed by atoms with van der Waals surface area (Å²) >= 11 is 0. The maximum absolute atomic E-state index is 13.5. The molecule has 0 bridgehead atoms. The van der Waals surface area contributed by atoms with E-state index in [2.05, 4.69) is 55.5 Å². The van der Waals surface area contributed by atoms with Crippen molar-refractivity contribution in [1.82, 2.24) is 20.0 Å². The van der Waals surface area contributed by atoms with Crippen LogP contribution in [0.4, 0.5) is 27.9 Å². The number of hydrogen-bond acceptors (Lipinski definition) is 7. The first kappa shape index (κ1) is 28.3. The fourth-order valence-corrected chi connectivity index (χ4v) is 3.88. The monoisotopic (exact) mass is 536 g/mol. The molecule has 9 heteroatoms. The number of carbonyl (C=O) groups is 1. The SMILES string of the molecule is CC(CN(C)C)Nc1ncc(C#Cc2cccc(NC(=O)N(c3cc[c]cc3)c3cc(C(C)(C)C)on3)c2)cn1. The van der Waals surface area contributed by atoms with Gasteiger partial charge in [0.05, 0.1) is 11.3 Å². The van der Waals surface area contributed by atoms with Gasteiger partial charge in [-0.1, -0.05) is 56.0 Å². The van der Waals surface area contributed by atoms with Gasteiger partial charge in [-0.25, -0.2) is 19.7 Å². The molecular formula is C31H34N7O2. The third kappa shape index (κ3) is 7.68. The van der Waals surface area contributed by atoms with Crippen LogP contribution in [-0.2, 0) is 5.41 Å². The predicted octanol–water partition coefficient (Wildman–Crippen LogP) is 5.69. The summed E-state index contributed by atoms with van der Waals surface area (Å²) in [5, 5.41) is 10.4. The van der Waals surface area contributed by atoms with Crippen LogP contribution in [-0.4, -0.2) is 52.7 Å². The van der Waals surface area contributed by atoms with Crippen LogP contribution in [0.15, 0.2) is 71.5 Å². The Morgan fingerprint density at radius 3 is 2.40 bits per heavy atom. The normalized spacial score (nSPS) is 11.9. The number of urea groups is 1. The lowest BCUT2D eigenvalue weighted by atomic mass is 9.93. The van der Waals surface area contributed by atoms with Gasteiger partial charge in [-0.05, 0) is 57.4 Å². The minimum Gasteiger partial charge on any atom is -0.359 e. The highest BCUT2D eigenvalue weighted by molar-refractivity contribution is 6.06. The van der Waals surface area contributed by atoms with Crippen molar-refractivity contribution in [1.29, 1.82) is 0 Å². The van der Waals surface area contributed by atoms with Gasteiger partial charge in [-0.15, -0.1) is 0 Å². The number of nitrogens with one attached hydrogen (secondary N) is 2. The smallest absolute Gasteiger partial charge is 0.332 e. The van der Waals surface area contributed by atoms with Crippen molar-refractivity contribution >= 4 is 29.2 Å². The first-order chi connectivity index (χ1) is 19.1. The summed E-state index contributed by atoms with van der Waals surface area (Å²) in [5.74, 6) is 7.83. The molecule has 1 unspecified atom stereocenters. The van der Waals surface area contributed by atoms with E-state index in [0.717, 1.165) is 12.1 Å². The third-order valence-corrected chi connectivity index (χ3v) is 5.76. The molecule has 0 spiro atoms. The Hall–Kier alpha value is -4.68. The highest BCUT2D eigenvalue weighted by atomic mass is 16.5. The van der Waals surface area contributed by atoms with E-state index < -0.39 is 0 Å². The topological polar surface area (TPSA) is 99.4 Å². The highest BCUT2D eigenvalue weighted by Crippen LogP contribution is 2.30. The van der Waals surface area contributed by atoms with Gasteiger partial charge in [0.15, 0.2) is 5.82 Å². The lowest BCUT2D eigenvalue weighted by molar-refractivity contribution is 0.258. The number of likely N-dealkylation sites (N-methyl/N-ethyl adjacent to an activating group) is 1. The van der Waals surface area contributed by atoms with Crippen molar-refractivity contribution in [2.24, 2.45) is 0 Å². The second kappa shape index (κ2) is 12.5. The van der Waals surface area contributed by atoms with E-state index in [9.17, 15) is 4.79 Å². The van der Waals surface area contributed by atoms with Gasteiger partial charge in [0.1, 0.15) is 5.76 Å². The average Bonchev–Trinajstić information content (AvgIpc) is 3.39. The van der Waals surface area contributed by atoms with Crippen molar-refractivity contribution in [2.75, 3.05) is 36.2 Å². The molecule has 4 aromatic rings. The van der Waals surface area contributed by atoms with E-state index in [4.69, 9.17) is 4.52 Å². The zero-order valence-corrected chi connectivity index (χ0v) is 23.7. The minimum absolute atomic E-state index is 0.214. The Balaban J connectivity index is 1.49. The third-order valence-electron chi connectivity index (χ3n) is 5.76. The summed E-state index contributed by atoms with van der Waals surface area (Å²) in [6.07, 6.45) is 3.38. The van der Waals surface area contributed by atoms with Crippen molar-refractivity contribution in [3.63, 3.8) is 0 Å². The number of benzene rings is 2. The molecule has 2 aromatic heterocycles. The summed E-state index contributed by atoms with van der Waals surface area (Å²) in [7, 11) is 4.05. The van der Waals surface area contributed by atoms with Gasteiger partial charge in [0.2, 0.25) is 5.95 Å².